The summed E-state index contributed by atoms with van der Waals surface area (Å²) >= 11 is 0. The molecule has 2 N–H and O–H groups in total. The van der Waals surface area contributed by atoms with Gasteiger partial charge in [0.25, 0.3) is 0 Å². The minimum atomic E-state index is -4.45. The highest BCUT2D eigenvalue weighted by Gasteiger charge is 2.30. The minimum Gasteiger partial charge on any atom is -0.457 e. The fourth-order valence-electron chi connectivity index (χ4n) is 4.85. The molecule has 3 aromatic carbocycles. The molecule has 0 saturated carbocycles. The maximum Gasteiger partial charge on any atom is 0.416 e. The van der Waals surface area contributed by atoms with Crippen molar-refractivity contribution < 1.29 is 17.9 Å². The predicted octanol–water partition coefficient (Wildman–Crippen LogP) is 8.13. The van der Waals surface area contributed by atoms with Crippen LogP contribution in [0.2, 0.25) is 0 Å². The third-order valence-electron chi connectivity index (χ3n) is 7.00. The molecule has 7 rings (SSSR count). The third kappa shape index (κ3) is 5.23. The van der Waals surface area contributed by atoms with Gasteiger partial charge in [-0.2, -0.15) is 13.2 Å². The van der Waals surface area contributed by atoms with Gasteiger partial charge in [0.05, 0.1) is 27.6 Å². The molecule has 0 aliphatic rings. The number of nitrogens with one attached hydrogen (secondary N) is 2. The van der Waals surface area contributed by atoms with Gasteiger partial charge in [0.15, 0.2) is 5.82 Å². The molecule has 0 radical (unpaired) electrons. The Morgan fingerprint density at radius 2 is 1.63 bits per heavy atom. The molecule has 0 fully saturated rings. The summed E-state index contributed by atoms with van der Waals surface area (Å²) < 4.78 is 47.4. The molecule has 8 nitrogen and oxygen atoms in total. The van der Waals surface area contributed by atoms with Crippen LogP contribution in [0.1, 0.15) is 5.56 Å². The van der Waals surface area contributed by atoms with Gasteiger partial charge in [0, 0.05) is 43.5 Å². The number of rotatable bonds is 6. The molecule has 0 amide bonds. The monoisotopic (exact) mass is 577 g/mol. The number of aryl methyl sites for hydroxylation is 1. The Labute approximate surface area is 242 Å². The average Bonchev–Trinajstić information content (AvgIpc) is 3.58. The summed E-state index contributed by atoms with van der Waals surface area (Å²) in [5.41, 5.74) is 5.03. The number of aromatic amines is 1. The Balaban J connectivity index is 1.12. The third-order valence-corrected chi connectivity index (χ3v) is 7.00. The van der Waals surface area contributed by atoms with Crippen LogP contribution in [-0.2, 0) is 13.2 Å². The van der Waals surface area contributed by atoms with Crippen LogP contribution >= 0.6 is 0 Å². The normalized spacial score (nSPS) is 11.7. The van der Waals surface area contributed by atoms with Crippen LogP contribution in [0.4, 0.5) is 24.8 Å². The summed E-state index contributed by atoms with van der Waals surface area (Å²) in [7, 11) is 1.94. The summed E-state index contributed by atoms with van der Waals surface area (Å²) in [5, 5.41) is 3.40. The van der Waals surface area contributed by atoms with E-state index in [4.69, 9.17) is 9.72 Å². The number of H-pyrrole nitrogens is 1. The lowest BCUT2D eigenvalue weighted by molar-refractivity contribution is -0.137. The molecular formula is C32H22F3N7O. The molecule has 0 saturated heterocycles. The quantitative estimate of drug-likeness (QED) is 0.207. The molecule has 7 aromatic rings. The van der Waals surface area contributed by atoms with Crippen LogP contribution < -0.4 is 10.1 Å². The topological polar surface area (TPSA) is 93.5 Å². The van der Waals surface area contributed by atoms with Gasteiger partial charge < -0.3 is 19.6 Å². The van der Waals surface area contributed by atoms with Crippen LogP contribution in [0.5, 0.6) is 11.5 Å². The van der Waals surface area contributed by atoms with E-state index >= 15 is 0 Å². The molecule has 0 spiro atoms. The van der Waals surface area contributed by atoms with Crippen molar-refractivity contribution in [2.24, 2.45) is 7.05 Å². The predicted molar refractivity (Wildman–Crippen MR) is 158 cm³/mol. The Bertz CT molecular complexity index is 2100. The number of hydrogen-bond acceptors (Lipinski definition) is 6. The Kier molecular flexibility index (Phi) is 6.27. The maximum absolute atomic E-state index is 13.1. The number of alkyl halides is 3. The van der Waals surface area contributed by atoms with Crippen molar-refractivity contribution >= 4 is 33.7 Å². The van der Waals surface area contributed by atoms with Crippen molar-refractivity contribution in [3.63, 3.8) is 0 Å². The van der Waals surface area contributed by atoms with E-state index in [1.807, 2.05) is 60.1 Å². The second kappa shape index (κ2) is 10.3. The Morgan fingerprint density at radius 1 is 0.791 bits per heavy atom. The van der Waals surface area contributed by atoms with Crippen molar-refractivity contribution in [1.82, 2.24) is 29.5 Å². The van der Waals surface area contributed by atoms with Crippen molar-refractivity contribution in [3.8, 4) is 34.1 Å². The highest BCUT2D eigenvalue weighted by atomic mass is 19.4. The lowest BCUT2D eigenvalue weighted by Gasteiger charge is -2.08. The smallest absolute Gasteiger partial charge is 0.416 e. The second-order valence-corrected chi connectivity index (χ2v) is 9.88. The van der Waals surface area contributed by atoms with Gasteiger partial charge in [0.1, 0.15) is 17.2 Å². The molecule has 4 heterocycles. The van der Waals surface area contributed by atoms with E-state index in [1.165, 1.54) is 6.07 Å². The fraction of sp³-hybridized carbons (Fsp3) is 0.0625. The molecule has 0 aliphatic carbocycles. The first-order valence-corrected chi connectivity index (χ1v) is 13.3. The van der Waals surface area contributed by atoms with Crippen LogP contribution in [0.3, 0.4) is 0 Å². The zero-order valence-corrected chi connectivity index (χ0v) is 22.6. The summed E-state index contributed by atoms with van der Waals surface area (Å²) in [4.78, 5) is 20.5. The maximum atomic E-state index is 13.1. The van der Waals surface area contributed by atoms with E-state index in [-0.39, 0.29) is 5.52 Å². The molecule has 43 heavy (non-hydrogen) atoms. The standard InChI is InChI=1S/C32H22F3N7O/c1-42-29-8-6-23(17-27(29)41-31(42)38-22-4-2-3-20(15-22)19-9-12-36-13-10-19)43-24-11-14-37-28(18-24)30-39-25-7-5-21(32(33,34)35)16-26(25)40-30/h2-18H,1H3,(H,38,41)(H,39,40). The molecule has 11 heteroatoms. The molecule has 0 aliphatic heterocycles. The zero-order chi connectivity index (χ0) is 29.6. The summed E-state index contributed by atoms with van der Waals surface area (Å²) in [6, 6.07) is 24.4. The molecule has 0 atom stereocenters. The molecular weight excluding hydrogens is 555 g/mol. The highest BCUT2D eigenvalue weighted by molar-refractivity contribution is 5.82. The first kappa shape index (κ1) is 26.2. The Hall–Kier alpha value is -5.71. The lowest BCUT2D eigenvalue weighted by Crippen LogP contribution is -2.04. The molecule has 0 unspecified atom stereocenters. The number of halogens is 3. The van der Waals surface area contributed by atoms with Gasteiger partial charge in [-0.05, 0) is 71.8 Å². The van der Waals surface area contributed by atoms with Crippen LogP contribution in [0.25, 0.3) is 44.7 Å². The SMILES string of the molecule is Cn1c(Nc2cccc(-c3ccncc3)c2)nc2cc(Oc3ccnc(-c4nc5cc(C(F)(F)F)ccc5[nH]4)c3)ccc21. The van der Waals surface area contributed by atoms with Gasteiger partial charge in [-0.15, -0.1) is 0 Å². The second-order valence-electron chi connectivity index (χ2n) is 9.88. The number of anilines is 2. The van der Waals surface area contributed by atoms with Gasteiger partial charge >= 0.3 is 6.18 Å². The number of fused-ring (bicyclic) bond motifs is 2. The van der Waals surface area contributed by atoms with Crippen molar-refractivity contribution in [3.05, 3.63) is 109 Å². The van der Waals surface area contributed by atoms with E-state index in [2.05, 4.69) is 31.3 Å². The molecule has 0 bridgehead atoms. The van der Waals surface area contributed by atoms with E-state index < -0.39 is 11.7 Å². The number of nitrogens with zero attached hydrogens (tertiary/aromatic N) is 5. The number of pyridine rings is 2. The van der Waals surface area contributed by atoms with Crippen LogP contribution in [0, 0.1) is 0 Å². The van der Waals surface area contributed by atoms with Gasteiger partial charge in [0.2, 0.25) is 5.95 Å². The molecule has 212 valence electrons. The zero-order valence-electron chi connectivity index (χ0n) is 22.6. The Morgan fingerprint density at radius 3 is 2.47 bits per heavy atom. The first-order chi connectivity index (χ1) is 20.8. The number of aromatic nitrogens is 6. The van der Waals surface area contributed by atoms with E-state index in [9.17, 15) is 13.2 Å². The van der Waals surface area contributed by atoms with Gasteiger partial charge in [-0.25, -0.2) is 9.97 Å². The summed E-state index contributed by atoms with van der Waals surface area (Å²) in [5.74, 6) is 2.06. The van der Waals surface area contributed by atoms with E-state index in [0.29, 0.717) is 34.5 Å². The van der Waals surface area contributed by atoms with Gasteiger partial charge in [-0.1, -0.05) is 12.1 Å². The van der Waals surface area contributed by atoms with Crippen LogP contribution in [-0.4, -0.2) is 29.5 Å². The fourth-order valence-corrected chi connectivity index (χ4v) is 4.85. The number of imidazole rings is 2. The van der Waals surface area contributed by atoms with Gasteiger partial charge in [-0.3, -0.25) is 9.97 Å². The first-order valence-electron chi connectivity index (χ1n) is 13.3. The van der Waals surface area contributed by atoms with Crippen molar-refractivity contribution in [2.75, 3.05) is 5.32 Å². The number of ether oxygens (including phenoxy) is 1. The molecule has 4 aromatic heterocycles. The number of hydrogen-bond donors (Lipinski definition) is 2. The largest absolute Gasteiger partial charge is 0.457 e. The average molecular weight is 578 g/mol. The van der Waals surface area contributed by atoms with Crippen molar-refractivity contribution in [1.29, 1.82) is 0 Å². The summed E-state index contributed by atoms with van der Waals surface area (Å²) in [6.07, 6.45) is 0.640. The van der Waals surface area contributed by atoms with Crippen molar-refractivity contribution in [2.45, 2.75) is 6.18 Å². The minimum absolute atomic E-state index is 0.201. The van der Waals surface area contributed by atoms with Crippen LogP contribution in [0.15, 0.2) is 104 Å². The summed E-state index contributed by atoms with van der Waals surface area (Å²) in [6.45, 7) is 0. The lowest BCUT2D eigenvalue weighted by atomic mass is 10.1. The number of benzene rings is 3. The highest BCUT2D eigenvalue weighted by Crippen LogP contribution is 2.33. The van der Waals surface area contributed by atoms with E-state index in [1.54, 1.807) is 30.7 Å². The van der Waals surface area contributed by atoms with E-state index in [0.717, 1.165) is 40.0 Å².